The van der Waals surface area contributed by atoms with Gasteiger partial charge < -0.3 is 25.7 Å². The molecule has 0 unspecified atom stereocenters. The van der Waals surface area contributed by atoms with Gasteiger partial charge in [0.25, 0.3) is 5.91 Å². The number of pyridine rings is 2. The average Bonchev–Trinajstić information content (AvgIpc) is 2.66. The van der Waals surface area contributed by atoms with Gasteiger partial charge in [-0.25, -0.2) is 9.78 Å². The monoisotopic (exact) mass is 433 g/mol. The van der Waals surface area contributed by atoms with Crippen LogP contribution in [-0.2, 0) is 4.74 Å². The molecular formula is C21H28FN5O4. The first kappa shape index (κ1) is 23.8. The highest BCUT2D eigenvalue weighted by atomic mass is 19.1. The molecule has 0 spiro atoms. The molecule has 2 aromatic rings. The Morgan fingerprint density at radius 2 is 1.84 bits per heavy atom. The van der Waals surface area contributed by atoms with E-state index in [2.05, 4.69) is 25.9 Å². The Kier molecular flexibility index (Phi) is 8.53. The van der Waals surface area contributed by atoms with Crippen molar-refractivity contribution in [1.82, 2.24) is 15.3 Å². The lowest BCUT2D eigenvalue weighted by Gasteiger charge is -2.19. The summed E-state index contributed by atoms with van der Waals surface area (Å²) in [6.45, 7) is 6.34. The van der Waals surface area contributed by atoms with Gasteiger partial charge in [-0.2, -0.15) is 4.39 Å². The van der Waals surface area contributed by atoms with Crippen LogP contribution in [0.15, 0.2) is 35.1 Å². The number of hydrogen-bond acceptors (Lipinski definition) is 6. The number of aromatic amines is 1. The van der Waals surface area contributed by atoms with Gasteiger partial charge in [0.1, 0.15) is 17.2 Å². The number of aromatic nitrogens is 2. The van der Waals surface area contributed by atoms with Crippen molar-refractivity contribution >= 4 is 23.6 Å². The van der Waals surface area contributed by atoms with E-state index >= 15 is 0 Å². The number of halogens is 1. The second-order valence-corrected chi connectivity index (χ2v) is 7.83. The second kappa shape index (κ2) is 11.1. The van der Waals surface area contributed by atoms with Crippen molar-refractivity contribution in [3.8, 4) is 0 Å². The Balaban J connectivity index is 1.80. The number of anilines is 2. The Morgan fingerprint density at radius 3 is 2.55 bits per heavy atom. The molecule has 0 bridgehead atoms. The molecule has 9 nitrogen and oxygen atoms in total. The van der Waals surface area contributed by atoms with Crippen LogP contribution < -0.4 is 21.5 Å². The van der Waals surface area contributed by atoms with E-state index in [4.69, 9.17) is 4.74 Å². The quantitative estimate of drug-likeness (QED) is 0.355. The van der Waals surface area contributed by atoms with Gasteiger partial charge in [0.05, 0.1) is 5.56 Å². The van der Waals surface area contributed by atoms with Crippen LogP contribution in [0.3, 0.4) is 0 Å². The summed E-state index contributed by atoms with van der Waals surface area (Å²) in [4.78, 5) is 41.7. The number of H-pyrrole nitrogens is 1. The maximum atomic E-state index is 13.6. The first-order valence-corrected chi connectivity index (χ1v) is 10.0. The molecule has 0 aliphatic carbocycles. The normalized spacial score (nSPS) is 11.0. The number of rotatable bonds is 9. The second-order valence-electron chi connectivity index (χ2n) is 7.83. The molecule has 0 atom stereocenters. The molecule has 2 amide bonds. The summed E-state index contributed by atoms with van der Waals surface area (Å²) in [6, 6.07) is 6.79. The molecule has 0 radical (unpaired) electrons. The number of alkyl carbamates (subject to hydrolysis) is 1. The van der Waals surface area contributed by atoms with Crippen LogP contribution in [0.2, 0.25) is 0 Å². The lowest BCUT2D eigenvalue weighted by atomic mass is 10.2. The molecule has 0 saturated heterocycles. The number of carbonyl (C=O) groups excluding carboxylic acids is 2. The summed E-state index contributed by atoms with van der Waals surface area (Å²) in [6.07, 6.45) is 1.81. The fraction of sp³-hybridized carbons (Fsp3) is 0.429. The smallest absolute Gasteiger partial charge is 0.407 e. The molecule has 0 saturated carbocycles. The minimum atomic E-state index is -0.714. The molecule has 0 aliphatic heterocycles. The van der Waals surface area contributed by atoms with Crippen molar-refractivity contribution in [2.45, 2.75) is 45.6 Å². The van der Waals surface area contributed by atoms with E-state index in [1.807, 2.05) is 0 Å². The number of hydrogen-bond donors (Lipinski definition) is 4. The maximum absolute atomic E-state index is 13.6. The van der Waals surface area contributed by atoms with Crippen molar-refractivity contribution < 1.29 is 18.7 Å². The van der Waals surface area contributed by atoms with Crippen LogP contribution >= 0.6 is 0 Å². The van der Waals surface area contributed by atoms with Gasteiger partial charge in [0.2, 0.25) is 11.5 Å². The Bertz CT molecular complexity index is 955. The largest absolute Gasteiger partial charge is 0.444 e. The van der Waals surface area contributed by atoms with Gasteiger partial charge >= 0.3 is 6.09 Å². The van der Waals surface area contributed by atoms with Crippen molar-refractivity contribution in [1.29, 1.82) is 0 Å². The lowest BCUT2D eigenvalue weighted by molar-refractivity contribution is 0.0527. The van der Waals surface area contributed by atoms with Gasteiger partial charge in [0.15, 0.2) is 0 Å². The van der Waals surface area contributed by atoms with Crippen molar-refractivity contribution in [3.63, 3.8) is 0 Å². The van der Waals surface area contributed by atoms with Gasteiger partial charge in [-0.05, 0) is 58.2 Å². The molecule has 31 heavy (non-hydrogen) atoms. The van der Waals surface area contributed by atoms with E-state index in [0.29, 0.717) is 13.1 Å². The molecule has 4 N–H and O–H groups in total. The molecule has 2 heterocycles. The first-order valence-electron chi connectivity index (χ1n) is 10.0. The van der Waals surface area contributed by atoms with E-state index in [-0.39, 0.29) is 22.8 Å². The van der Waals surface area contributed by atoms with Crippen LogP contribution in [0, 0.1) is 5.95 Å². The topological polar surface area (TPSA) is 125 Å². The fourth-order valence-electron chi connectivity index (χ4n) is 2.60. The Morgan fingerprint density at radius 1 is 1.10 bits per heavy atom. The minimum Gasteiger partial charge on any atom is -0.444 e. The minimum absolute atomic E-state index is 0.114. The molecule has 168 valence electrons. The summed E-state index contributed by atoms with van der Waals surface area (Å²) in [7, 11) is 0. The number of unbranched alkanes of at least 4 members (excludes halogenated alkanes) is 2. The van der Waals surface area contributed by atoms with Crippen molar-refractivity contribution in [3.05, 3.63) is 52.2 Å². The number of carbonyl (C=O) groups is 2. The zero-order valence-corrected chi connectivity index (χ0v) is 17.9. The van der Waals surface area contributed by atoms with Gasteiger partial charge in [-0.15, -0.1) is 0 Å². The summed E-state index contributed by atoms with van der Waals surface area (Å²) < 4.78 is 18.7. The first-order chi connectivity index (χ1) is 14.6. The standard InChI is InChI=1S/C21H28FN5O4/c1-21(2,3)31-20(30)24-13-6-4-5-12-23-18-14(10-11-15(22)25-18)19(29)27-16-8-7-9-17(28)26-16/h7-11H,4-6,12-13H2,1-3H3,(H,23,25)(H,24,30)(H2,26,27,28,29). The Hall–Kier alpha value is -3.43. The van der Waals surface area contributed by atoms with Gasteiger partial charge in [-0.3, -0.25) is 9.59 Å². The highest BCUT2D eigenvalue weighted by molar-refractivity contribution is 6.07. The number of amides is 2. The molecule has 2 aromatic heterocycles. The highest BCUT2D eigenvalue weighted by Gasteiger charge is 2.16. The SMILES string of the molecule is CC(C)(C)OC(=O)NCCCCCNc1nc(F)ccc1C(=O)Nc1cccc(=O)[nH]1. The van der Waals surface area contributed by atoms with E-state index in [0.717, 1.165) is 25.3 Å². The zero-order valence-electron chi connectivity index (χ0n) is 17.9. The number of nitrogens with one attached hydrogen (secondary N) is 4. The molecule has 0 fully saturated rings. The van der Waals surface area contributed by atoms with E-state index in [1.165, 1.54) is 24.3 Å². The highest BCUT2D eigenvalue weighted by Crippen LogP contribution is 2.15. The maximum Gasteiger partial charge on any atom is 0.407 e. The van der Waals surface area contributed by atoms with Gasteiger partial charge in [0, 0.05) is 19.2 Å². The predicted molar refractivity (Wildman–Crippen MR) is 116 cm³/mol. The lowest BCUT2D eigenvalue weighted by Crippen LogP contribution is -2.33. The number of ether oxygens (including phenoxy) is 1. The van der Waals surface area contributed by atoms with Crippen LogP contribution in [0.5, 0.6) is 0 Å². The third-order valence-corrected chi connectivity index (χ3v) is 3.94. The zero-order chi connectivity index (χ0) is 22.9. The van der Waals surface area contributed by atoms with E-state index in [1.54, 1.807) is 20.8 Å². The van der Waals surface area contributed by atoms with Crippen LogP contribution in [-0.4, -0.2) is 40.7 Å². The average molecular weight is 433 g/mol. The third kappa shape index (κ3) is 8.85. The summed E-state index contributed by atoms with van der Waals surface area (Å²) in [5.41, 5.74) is -0.738. The molecule has 10 heteroatoms. The molecular weight excluding hydrogens is 405 g/mol. The van der Waals surface area contributed by atoms with Crippen LogP contribution in [0.25, 0.3) is 0 Å². The third-order valence-electron chi connectivity index (χ3n) is 3.94. The molecule has 0 aromatic carbocycles. The predicted octanol–water partition coefficient (Wildman–Crippen LogP) is 3.27. The van der Waals surface area contributed by atoms with Crippen LogP contribution in [0.4, 0.5) is 20.8 Å². The summed E-state index contributed by atoms with van der Waals surface area (Å²) >= 11 is 0. The fourth-order valence-corrected chi connectivity index (χ4v) is 2.60. The van der Waals surface area contributed by atoms with Gasteiger partial charge in [-0.1, -0.05) is 6.07 Å². The molecule has 2 rings (SSSR count). The molecule has 0 aliphatic rings. The van der Waals surface area contributed by atoms with Crippen LogP contribution in [0.1, 0.15) is 50.4 Å². The van der Waals surface area contributed by atoms with Crippen molar-refractivity contribution in [2.24, 2.45) is 0 Å². The van der Waals surface area contributed by atoms with E-state index < -0.39 is 23.5 Å². The summed E-state index contributed by atoms with van der Waals surface area (Å²) in [5.74, 6) is -0.903. The summed E-state index contributed by atoms with van der Waals surface area (Å²) in [5, 5.41) is 8.21. The van der Waals surface area contributed by atoms with E-state index in [9.17, 15) is 18.8 Å². The van der Waals surface area contributed by atoms with Crippen molar-refractivity contribution in [2.75, 3.05) is 23.7 Å². The Labute approximate surface area is 179 Å². The number of nitrogens with zero attached hydrogens (tertiary/aromatic N) is 1.